The molecule has 1 aromatic carbocycles. The molecule has 0 N–H and O–H groups in total. The maximum atomic E-state index is 12.6. The summed E-state index contributed by atoms with van der Waals surface area (Å²) in [7, 11) is 1.57. The molecule has 0 atom stereocenters. The van der Waals surface area contributed by atoms with Crippen LogP contribution in [0.4, 0.5) is 0 Å². The first-order valence-corrected chi connectivity index (χ1v) is 8.14. The van der Waals surface area contributed by atoms with E-state index in [0.717, 1.165) is 4.90 Å². The summed E-state index contributed by atoms with van der Waals surface area (Å²) in [4.78, 5) is 50.8. The van der Waals surface area contributed by atoms with Gasteiger partial charge in [0, 0.05) is 23.9 Å². The summed E-state index contributed by atoms with van der Waals surface area (Å²) >= 11 is 5.64. The second-order valence-electron chi connectivity index (χ2n) is 5.84. The van der Waals surface area contributed by atoms with Crippen LogP contribution in [-0.4, -0.2) is 32.9 Å². The normalized spacial score (nSPS) is 13.3. The predicted molar refractivity (Wildman–Crippen MR) is 92.1 cm³/mol. The topological polar surface area (TPSA) is 76.5 Å². The molecular formula is C18H15ClN2O4. The zero-order valence-electron chi connectivity index (χ0n) is 13.7. The number of ketones is 1. The summed E-state index contributed by atoms with van der Waals surface area (Å²) in [5, 5.41) is 0. The highest BCUT2D eigenvalue weighted by Crippen LogP contribution is 2.24. The van der Waals surface area contributed by atoms with Crippen LogP contribution in [0.1, 0.15) is 42.3 Å². The Hall–Kier alpha value is -2.73. The highest BCUT2D eigenvalue weighted by molar-refractivity contribution is 6.30. The molecule has 1 aliphatic heterocycles. The standard InChI is InChI=1S/C18H15ClN2O4/c1-10-7-13(15(22)8-19)14(16(23)20(10)2)9-21-17(24)11-5-3-4-6-12(11)18(21)25/h3-7H,8-9H2,1-2H3. The molecule has 0 saturated heterocycles. The Morgan fingerprint density at radius 2 is 1.64 bits per heavy atom. The lowest BCUT2D eigenvalue weighted by Gasteiger charge is -2.17. The number of hydrogen-bond donors (Lipinski definition) is 0. The lowest BCUT2D eigenvalue weighted by Crippen LogP contribution is -2.35. The van der Waals surface area contributed by atoms with Crippen LogP contribution < -0.4 is 5.56 Å². The Balaban J connectivity index is 2.09. The van der Waals surface area contributed by atoms with E-state index in [1.807, 2.05) is 0 Å². The monoisotopic (exact) mass is 358 g/mol. The molecule has 128 valence electrons. The molecular weight excluding hydrogens is 344 g/mol. The number of nitrogens with zero attached hydrogens (tertiary/aromatic N) is 2. The molecule has 1 aliphatic rings. The van der Waals surface area contributed by atoms with Gasteiger partial charge in [-0.05, 0) is 25.1 Å². The third-order valence-corrected chi connectivity index (χ3v) is 4.63. The Bertz CT molecular complexity index is 943. The number of aromatic nitrogens is 1. The van der Waals surface area contributed by atoms with E-state index in [-0.39, 0.29) is 23.6 Å². The minimum absolute atomic E-state index is 0.0910. The molecule has 0 unspecified atom stereocenters. The number of Topliss-reactive ketones (excluding diaryl/α,β-unsaturated/α-hetero) is 1. The third kappa shape index (κ3) is 2.68. The van der Waals surface area contributed by atoms with Gasteiger partial charge in [-0.25, -0.2) is 0 Å². The van der Waals surface area contributed by atoms with Crippen LogP contribution >= 0.6 is 11.6 Å². The molecule has 6 nitrogen and oxygen atoms in total. The van der Waals surface area contributed by atoms with Gasteiger partial charge in [0.2, 0.25) is 0 Å². The molecule has 0 radical (unpaired) electrons. The van der Waals surface area contributed by atoms with Crippen molar-refractivity contribution in [3.63, 3.8) is 0 Å². The highest BCUT2D eigenvalue weighted by atomic mass is 35.5. The number of amides is 2. The summed E-state index contributed by atoms with van der Waals surface area (Å²) < 4.78 is 1.37. The molecule has 7 heteroatoms. The van der Waals surface area contributed by atoms with Crippen LogP contribution in [0.3, 0.4) is 0 Å². The number of aryl methyl sites for hydroxylation is 1. The smallest absolute Gasteiger partial charge is 0.261 e. The van der Waals surface area contributed by atoms with Crippen molar-refractivity contribution < 1.29 is 14.4 Å². The minimum atomic E-state index is -0.479. The van der Waals surface area contributed by atoms with E-state index in [9.17, 15) is 19.2 Å². The molecule has 0 bridgehead atoms. The first-order valence-electron chi connectivity index (χ1n) is 7.60. The lowest BCUT2D eigenvalue weighted by molar-refractivity contribution is 0.0639. The number of imide groups is 1. The van der Waals surface area contributed by atoms with Gasteiger partial charge in [-0.2, -0.15) is 0 Å². The van der Waals surface area contributed by atoms with E-state index < -0.39 is 23.2 Å². The van der Waals surface area contributed by atoms with Crippen LogP contribution in [0.15, 0.2) is 35.1 Å². The molecule has 2 aromatic rings. The number of halogens is 1. The molecule has 0 fully saturated rings. The van der Waals surface area contributed by atoms with Crippen molar-refractivity contribution in [2.45, 2.75) is 13.5 Å². The molecule has 0 aliphatic carbocycles. The summed E-state index contributed by atoms with van der Waals surface area (Å²) in [6, 6.07) is 8.02. The van der Waals surface area contributed by atoms with Gasteiger partial charge in [0.25, 0.3) is 17.4 Å². The number of hydrogen-bond acceptors (Lipinski definition) is 4. The molecule has 2 amide bonds. The van der Waals surface area contributed by atoms with Crippen molar-refractivity contribution in [1.29, 1.82) is 0 Å². The van der Waals surface area contributed by atoms with E-state index in [4.69, 9.17) is 11.6 Å². The molecule has 25 heavy (non-hydrogen) atoms. The van der Waals surface area contributed by atoms with Crippen LogP contribution in [0.5, 0.6) is 0 Å². The van der Waals surface area contributed by atoms with Gasteiger partial charge >= 0.3 is 0 Å². The summed E-state index contributed by atoms with van der Waals surface area (Å²) in [5.41, 5.74) is 0.985. The first-order chi connectivity index (χ1) is 11.9. The zero-order valence-corrected chi connectivity index (χ0v) is 14.5. The maximum absolute atomic E-state index is 12.6. The molecule has 2 heterocycles. The van der Waals surface area contributed by atoms with Crippen LogP contribution in [-0.2, 0) is 13.6 Å². The van der Waals surface area contributed by atoms with Gasteiger partial charge in [-0.15, -0.1) is 11.6 Å². The average molecular weight is 359 g/mol. The number of pyridine rings is 1. The number of benzene rings is 1. The minimum Gasteiger partial charge on any atom is -0.316 e. The third-order valence-electron chi connectivity index (χ3n) is 4.39. The average Bonchev–Trinajstić information content (AvgIpc) is 2.86. The largest absolute Gasteiger partial charge is 0.316 e. The van der Waals surface area contributed by atoms with Crippen LogP contribution in [0.2, 0.25) is 0 Å². The Morgan fingerprint density at radius 1 is 1.08 bits per heavy atom. The lowest BCUT2D eigenvalue weighted by atomic mass is 10.0. The SMILES string of the molecule is Cc1cc(C(=O)CCl)c(CN2C(=O)c3ccccc3C2=O)c(=O)n1C. The maximum Gasteiger partial charge on any atom is 0.261 e. The van der Waals surface area contributed by atoms with Gasteiger partial charge in [-0.3, -0.25) is 24.1 Å². The van der Waals surface area contributed by atoms with Gasteiger partial charge < -0.3 is 4.57 Å². The quantitative estimate of drug-likeness (QED) is 0.475. The second-order valence-corrected chi connectivity index (χ2v) is 6.11. The van der Waals surface area contributed by atoms with Crippen molar-refractivity contribution in [1.82, 2.24) is 9.47 Å². The van der Waals surface area contributed by atoms with Crippen molar-refractivity contribution in [2.75, 3.05) is 5.88 Å². The summed E-state index contributed by atoms with van der Waals surface area (Å²) in [5.74, 6) is -1.67. The summed E-state index contributed by atoms with van der Waals surface area (Å²) in [6.45, 7) is 1.43. The molecule has 0 spiro atoms. The van der Waals surface area contributed by atoms with E-state index in [2.05, 4.69) is 0 Å². The van der Waals surface area contributed by atoms with Crippen molar-refractivity contribution in [2.24, 2.45) is 7.05 Å². The van der Waals surface area contributed by atoms with Crippen molar-refractivity contribution in [3.05, 3.63) is 68.6 Å². The Morgan fingerprint density at radius 3 is 2.16 bits per heavy atom. The van der Waals surface area contributed by atoms with E-state index in [1.165, 1.54) is 4.57 Å². The number of fused-ring (bicyclic) bond motifs is 1. The zero-order chi connectivity index (χ0) is 18.3. The van der Waals surface area contributed by atoms with Gasteiger partial charge in [0.1, 0.15) is 0 Å². The van der Waals surface area contributed by atoms with E-state index in [1.54, 1.807) is 44.3 Å². The fourth-order valence-electron chi connectivity index (χ4n) is 2.89. The number of carbonyl (C=O) groups is 3. The van der Waals surface area contributed by atoms with E-state index >= 15 is 0 Å². The van der Waals surface area contributed by atoms with Gasteiger partial charge in [0.05, 0.1) is 23.6 Å². The number of carbonyl (C=O) groups excluding carboxylic acids is 3. The fraction of sp³-hybridized carbons (Fsp3) is 0.222. The molecule has 0 saturated carbocycles. The Kier molecular flexibility index (Phi) is 4.30. The molecule has 3 rings (SSSR count). The van der Waals surface area contributed by atoms with Crippen LogP contribution in [0.25, 0.3) is 0 Å². The van der Waals surface area contributed by atoms with Gasteiger partial charge in [0.15, 0.2) is 5.78 Å². The van der Waals surface area contributed by atoms with Crippen LogP contribution in [0, 0.1) is 6.92 Å². The summed E-state index contributed by atoms with van der Waals surface area (Å²) in [6.07, 6.45) is 0. The number of rotatable bonds is 4. The van der Waals surface area contributed by atoms with Crippen molar-refractivity contribution >= 4 is 29.2 Å². The molecule has 1 aromatic heterocycles. The predicted octanol–water partition coefficient (Wildman–Crippen LogP) is 1.91. The number of alkyl halides is 1. The first kappa shape index (κ1) is 17.1. The van der Waals surface area contributed by atoms with Gasteiger partial charge in [-0.1, -0.05) is 12.1 Å². The van der Waals surface area contributed by atoms with E-state index in [0.29, 0.717) is 16.8 Å². The Labute approximate surface area is 148 Å². The fourth-order valence-corrected chi connectivity index (χ4v) is 3.03. The second kappa shape index (κ2) is 6.29. The van der Waals surface area contributed by atoms with Crippen molar-refractivity contribution in [3.8, 4) is 0 Å². The highest BCUT2D eigenvalue weighted by Gasteiger charge is 2.36.